The van der Waals surface area contributed by atoms with Crippen molar-refractivity contribution in [2.24, 2.45) is 72.9 Å². The highest BCUT2D eigenvalue weighted by Crippen LogP contribution is 2.24. The number of hydrogen-bond acceptors (Lipinski definition) is 23. The Morgan fingerprint density at radius 2 is 0.840 bits per heavy atom. The molecule has 119 heavy (non-hydrogen) atoms. The number of amides is 13. The number of carboxylic acids is 1. The molecule has 43 nitrogen and oxygen atoms in total. The van der Waals surface area contributed by atoms with Crippen LogP contribution in [0.5, 0.6) is 0 Å². The molecule has 2 aliphatic rings. The van der Waals surface area contributed by atoms with Gasteiger partial charge in [0.25, 0.3) is 0 Å². The molecule has 15 atom stereocenters. The summed E-state index contributed by atoms with van der Waals surface area (Å²) in [5.41, 5.74) is 39.9. The van der Waals surface area contributed by atoms with Crippen LogP contribution >= 0.6 is 23.5 Å². The van der Waals surface area contributed by atoms with Gasteiger partial charge < -0.3 is 129 Å². The van der Waals surface area contributed by atoms with Crippen molar-refractivity contribution in [2.45, 2.75) is 249 Å². The molecule has 0 unspecified atom stereocenters. The van der Waals surface area contributed by atoms with Crippen molar-refractivity contribution in [3.05, 3.63) is 36.4 Å². The molecule has 29 N–H and O–H groups in total. The normalized spacial score (nSPS) is 17.1. The Labute approximate surface area is 701 Å². The molecule has 2 aromatic heterocycles. The number of nitrogens with one attached hydrogen (secondary N) is 13. The van der Waals surface area contributed by atoms with Gasteiger partial charge in [-0.05, 0) is 146 Å². The first-order valence-electron chi connectivity index (χ1n) is 40.0. The summed E-state index contributed by atoms with van der Waals surface area (Å²) in [5.74, 6) is -12.5. The van der Waals surface area contributed by atoms with Gasteiger partial charge in [-0.3, -0.25) is 77.3 Å². The fraction of sp³-hybridized carbons (Fsp3) is 0.689. The molecule has 45 heteroatoms. The second-order valence-electron chi connectivity index (χ2n) is 30.7. The van der Waals surface area contributed by atoms with E-state index in [0.717, 1.165) is 0 Å². The summed E-state index contributed by atoms with van der Waals surface area (Å²) in [6.45, 7) is 13.3. The third-order valence-electron chi connectivity index (χ3n) is 19.5. The van der Waals surface area contributed by atoms with E-state index in [1.165, 1.54) is 72.2 Å². The molecule has 2 aliphatic heterocycles. The van der Waals surface area contributed by atoms with E-state index >= 15 is 9.59 Å². The van der Waals surface area contributed by atoms with Gasteiger partial charge in [-0.2, -0.15) is 23.5 Å². The molecule has 0 saturated carbocycles. The number of carbonyl (C=O) groups excluding carboxylic acids is 13. The highest BCUT2D eigenvalue weighted by atomic mass is 32.2. The molecule has 666 valence electrons. The third-order valence-corrected chi connectivity index (χ3v) is 20.8. The zero-order valence-electron chi connectivity index (χ0n) is 69.6. The van der Waals surface area contributed by atoms with Crippen molar-refractivity contribution in [1.29, 1.82) is 0 Å². The summed E-state index contributed by atoms with van der Waals surface area (Å²) >= 11 is 2.85. The Bertz CT molecular complexity index is 3750. The topological polar surface area (TPSA) is 695 Å². The molecule has 4 rings (SSSR count). The van der Waals surface area contributed by atoms with Crippen LogP contribution in [0, 0.1) is 17.8 Å². The van der Waals surface area contributed by atoms with E-state index in [1.807, 2.05) is 6.26 Å². The second-order valence-corrected chi connectivity index (χ2v) is 32.7. The van der Waals surface area contributed by atoms with Gasteiger partial charge in [0.1, 0.15) is 78.5 Å². The maximum atomic E-state index is 15.1. The van der Waals surface area contributed by atoms with Gasteiger partial charge in [-0.25, -0.2) is 14.8 Å². The number of imidazole rings is 2. The highest BCUT2D eigenvalue weighted by Gasteiger charge is 2.44. The van der Waals surface area contributed by atoms with E-state index in [-0.39, 0.29) is 152 Å². The molecule has 0 bridgehead atoms. The maximum absolute atomic E-state index is 15.1. The number of hydrogen-bond donors (Lipinski definition) is 22. The Hall–Kier alpha value is -10.6. The largest absolute Gasteiger partial charge is 0.480 e. The number of likely N-dealkylation sites (tertiary alicyclic amines) is 2. The van der Waals surface area contributed by atoms with Crippen molar-refractivity contribution in [2.75, 3.05) is 56.7 Å². The molecule has 0 radical (unpaired) electrons. The fourth-order valence-corrected chi connectivity index (χ4v) is 14.2. The number of aliphatic hydroxyl groups is 1. The van der Waals surface area contributed by atoms with Gasteiger partial charge in [0.05, 0.1) is 24.8 Å². The van der Waals surface area contributed by atoms with E-state index in [1.54, 1.807) is 47.8 Å². The summed E-state index contributed by atoms with van der Waals surface area (Å²) < 4.78 is 0. The number of nitrogens with zero attached hydrogens (tertiary/aromatic N) is 7. The lowest BCUT2D eigenvalue weighted by atomic mass is 10.0. The minimum atomic E-state index is -1.75. The number of H-pyrrole nitrogens is 2. The molecule has 0 aromatic carbocycles. The summed E-state index contributed by atoms with van der Waals surface area (Å²) in [6.07, 6.45) is 8.85. The van der Waals surface area contributed by atoms with Crippen LogP contribution in [-0.4, -0.2) is 288 Å². The van der Waals surface area contributed by atoms with E-state index < -0.39 is 179 Å². The van der Waals surface area contributed by atoms with Crippen LogP contribution in [-0.2, 0) is 80.0 Å². The van der Waals surface area contributed by atoms with E-state index in [9.17, 15) is 67.7 Å². The van der Waals surface area contributed by atoms with Crippen LogP contribution in [0.15, 0.2) is 40.0 Å². The Morgan fingerprint density at radius 3 is 1.31 bits per heavy atom. The number of thioether (sulfide) groups is 2. The van der Waals surface area contributed by atoms with Crippen molar-refractivity contribution in [3.8, 4) is 0 Å². The average Bonchev–Trinajstić information content (AvgIpc) is 1.75. The number of carboxylic acid groups (broad SMARTS) is 1. The number of aliphatic imine (C=N–C) groups is 3. The molecule has 0 spiro atoms. The van der Waals surface area contributed by atoms with Crippen molar-refractivity contribution in [3.63, 3.8) is 0 Å². The molecule has 2 saturated heterocycles. The minimum Gasteiger partial charge on any atom is -0.480 e. The first kappa shape index (κ1) is 101. The number of rotatable bonds is 53. The first-order chi connectivity index (χ1) is 56.3. The average molecular weight is 1720 g/mol. The molecule has 2 aromatic rings. The Balaban J connectivity index is 1.56. The lowest BCUT2D eigenvalue weighted by Gasteiger charge is -2.32. The predicted octanol–water partition coefficient (Wildman–Crippen LogP) is -5.54. The van der Waals surface area contributed by atoms with E-state index in [2.05, 4.69) is 93.4 Å². The van der Waals surface area contributed by atoms with Crippen LogP contribution in [0.3, 0.4) is 0 Å². The van der Waals surface area contributed by atoms with Crippen molar-refractivity contribution in [1.82, 2.24) is 88.2 Å². The van der Waals surface area contributed by atoms with Crippen LogP contribution in [0.2, 0.25) is 0 Å². The molecule has 4 heterocycles. The SMILES string of the molecule is CSCC[C@H](NC(=O)[C@H](CC(C)C)NC(=O)[C@H](C)NC(=O)[C@H](CCCN=C(N)N)NC(=O)[C@@H]1CCCN1C(=O)[C@H](CC(C)C)NC(=O)[C@H](Cc1cnc[nH]1)NC(=O)[C@@H]1CCCN1C(=O)[C@H](Cc1cnc[nH]1)NC(=O)[C@@H](NC(=O)[C@@H](NC(=O)[C@H](CCCN=C(N)N)NC(=O)[C@@H](N)CCSC)C(C)C)[C@@H](C)O)C(=O)N[C@@H](CCCN=C(N)N)C(=O)O. The van der Waals surface area contributed by atoms with Gasteiger partial charge in [-0.1, -0.05) is 41.5 Å². The first-order valence-corrected chi connectivity index (χ1v) is 42.8. The molecular formula is C74H127N27O16S2. The number of aromatic nitrogens is 4. The van der Waals surface area contributed by atoms with Gasteiger partial charge in [0.15, 0.2) is 17.9 Å². The number of aromatic amines is 2. The maximum Gasteiger partial charge on any atom is 0.326 e. The number of aliphatic carboxylic acids is 1. The molecular weight excluding hydrogens is 1590 g/mol. The van der Waals surface area contributed by atoms with Gasteiger partial charge >= 0.3 is 5.97 Å². The van der Waals surface area contributed by atoms with E-state index in [0.29, 0.717) is 35.7 Å². The van der Waals surface area contributed by atoms with Gasteiger partial charge in [0, 0.05) is 69.3 Å². The van der Waals surface area contributed by atoms with E-state index in [4.69, 9.17) is 40.1 Å². The number of carbonyl (C=O) groups is 14. The number of nitrogens with two attached hydrogens (primary N) is 7. The lowest BCUT2D eigenvalue weighted by Crippen LogP contribution is -2.62. The Morgan fingerprint density at radius 1 is 0.462 bits per heavy atom. The predicted molar refractivity (Wildman–Crippen MR) is 448 cm³/mol. The summed E-state index contributed by atoms with van der Waals surface area (Å²) in [4.78, 5) is 227. The van der Waals surface area contributed by atoms with Crippen LogP contribution in [0.4, 0.5) is 0 Å². The zero-order valence-corrected chi connectivity index (χ0v) is 71.2. The lowest BCUT2D eigenvalue weighted by molar-refractivity contribution is -0.144. The van der Waals surface area contributed by atoms with Crippen LogP contribution in [0.1, 0.15) is 157 Å². The number of guanidine groups is 3. The van der Waals surface area contributed by atoms with Crippen LogP contribution < -0.4 is 98.6 Å². The summed E-state index contributed by atoms with van der Waals surface area (Å²) in [6, 6.07) is -18.6. The smallest absolute Gasteiger partial charge is 0.326 e. The molecule has 13 amide bonds. The monoisotopic (exact) mass is 1710 g/mol. The minimum absolute atomic E-state index is 0.0101. The second kappa shape index (κ2) is 51.7. The summed E-state index contributed by atoms with van der Waals surface area (Å²) in [5, 5.41) is 50.4. The number of aliphatic hydroxyl groups excluding tert-OH is 1. The van der Waals surface area contributed by atoms with Crippen LogP contribution in [0.25, 0.3) is 0 Å². The Kier molecular flexibility index (Phi) is 43.8. The zero-order chi connectivity index (χ0) is 88.8. The molecule has 2 fully saturated rings. The fourth-order valence-electron chi connectivity index (χ4n) is 13.2. The third kappa shape index (κ3) is 35.1. The standard InChI is InChI=1S/C74H127N27O16S2/c1-38(2)30-50(63(108)91-48(22-29-119-10)61(106)93-49(71(116)117)18-13-25-86-74(80)81)94-58(103)41(7)89-60(105)46(16-11-23-84-72(76)77)92-65(110)54-19-14-26-100(54)69(114)52(31-39(3)4)96-64(109)51(32-43-34-82-36-87-43)95-66(111)55-20-15-27-101(55)70(115)53(33-44-35-83-37-88-44)97-68(113)57(42(8)102)99-67(112)56(40(5)6)98-62(107)47(17-12-24-85-73(78)79)90-59(104)45(75)21-28-118-9/h34-42,45-57,102H,11-33,75H2,1-10H3,(H,82,87)(H,83,88)(H,89,105)(H,90,104)(H,91,108)(H,92,110)(H,93,106)(H,94,103)(H,95,111)(H,96,109)(H,97,113)(H,98,107)(H,99,112)(H,116,117)(H4,76,77,84)(H4,78,79,85)(H4,80,81,86)/t41-,42+,45-,46-,47-,48-,49-,50-,51-,52-,53-,54-,55-,56-,57-/m0/s1. The van der Waals surface area contributed by atoms with Crippen molar-refractivity contribution >= 4 is 124 Å². The quantitative estimate of drug-likeness (QED) is 0.0167. The van der Waals surface area contributed by atoms with Crippen molar-refractivity contribution < 1.29 is 77.3 Å². The summed E-state index contributed by atoms with van der Waals surface area (Å²) in [7, 11) is 0. The van der Waals surface area contributed by atoms with Gasteiger partial charge in [-0.15, -0.1) is 0 Å². The molecule has 0 aliphatic carbocycles. The van der Waals surface area contributed by atoms with Gasteiger partial charge in [0.2, 0.25) is 76.8 Å². The highest BCUT2D eigenvalue weighted by molar-refractivity contribution is 7.98.